The molecule has 19 heavy (non-hydrogen) atoms. The first-order chi connectivity index (χ1) is 8.99. The fourth-order valence-electron chi connectivity index (χ4n) is 2.16. The zero-order chi connectivity index (χ0) is 14.0. The van der Waals surface area contributed by atoms with E-state index in [1.54, 1.807) is 6.07 Å². The summed E-state index contributed by atoms with van der Waals surface area (Å²) in [6, 6.07) is 4.37. The lowest BCUT2D eigenvalue weighted by Crippen LogP contribution is -2.26. The summed E-state index contributed by atoms with van der Waals surface area (Å²) in [4.78, 5) is 24.3. The molecule has 6 heteroatoms. The molecule has 1 aromatic rings. The Bertz CT molecular complexity index is 501. The minimum absolute atomic E-state index is 0.0244. The van der Waals surface area contributed by atoms with E-state index in [9.17, 15) is 14.0 Å². The van der Waals surface area contributed by atoms with Gasteiger partial charge in [-0.25, -0.2) is 4.39 Å². The third kappa shape index (κ3) is 3.07. The van der Waals surface area contributed by atoms with Crippen molar-refractivity contribution in [1.29, 1.82) is 0 Å². The molecule has 2 rings (SSSR count). The van der Waals surface area contributed by atoms with Crippen molar-refractivity contribution in [3.63, 3.8) is 0 Å². The summed E-state index contributed by atoms with van der Waals surface area (Å²) in [5.74, 6) is -0.00839. The van der Waals surface area contributed by atoms with Crippen LogP contribution in [-0.4, -0.2) is 23.3 Å². The zero-order valence-corrected chi connectivity index (χ0v) is 11.4. The van der Waals surface area contributed by atoms with Crippen molar-refractivity contribution in [1.82, 2.24) is 0 Å². The van der Waals surface area contributed by atoms with E-state index in [2.05, 4.69) is 0 Å². The Morgan fingerprint density at radius 1 is 1.58 bits per heavy atom. The number of nitrogens with zero attached hydrogens (tertiary/aromatic N) is 1. The molecule has 1 aliphatic heterocycles. The number of halogens is 1. The molecule has 1 saturated heterocycles. The number of thioether (sulfide) groups is 1. The second kappa shape index (κ2) is 5.61. The molecular weight excluding hydrogens is 267 g/mol. The van der Waals surface area contributed by atoms with Crippen LogP contribution in [0.5, 0.6) is 0 Å². The van der Waals surface area contributed by atoms with E-state index in [-0.39, 0.29) is 28.3 Å². The van der Waals surface area contributed by atoms with Gasteiger partial charge in [-0.3, -0.25) is 9.59 Å². The largest absolute Gasteiger partial charge is 0.397 e. The number of carbonyl (C=O) groups excluding carboxylic acids is 2. The zero-order valence-electron chi connectivity index (χ0n) is 10.6. The normalized spacial score (nSPS) is 18.9. The third-order valence-electron chi connectivity index (χ3n) is 3.02. The van der Waals surface area contributed by atoms with Gasteiger partial charge in [-0.05, 0) is 18.1 Å². The fourth-order valence-corrected chi connectivity index (χ4v) is 2.85. The highest BCUT2D eigenvalue weighted by Gasteiger charge is 2.33. The molecule has 4 nitrogen and oxygen atoms in total. The van der Waals surface area contributed by atoms with Gasteiger partial charge in [0.1, 0.15) is 11.5 Å². The molecule has 0 saturated carbocycles. The Hall–Kier alpha value is -1.56. The van der Waals surface area contributed by atoms with Gasteiger partial charge in [0.05, 0.1) is 5.69 Å². The number of rotatable bonds is 3. The topological polar surface area (TPSA) is 63.4 Å². The number of hydrogen-bond acceptors (Lipinski definition) is 4. The van der Waals surface area contributed by atoms with Crippen LogP contribution in [0.2, 0.25) is 0 Å². The van der Waals surface area contributed by atoms with Gasteiger partial charge < -0.3 is 10.6 Å². The second-order valence-electron chi connectivity index (χ2n) is 4.55. The average molecular weight is 282 g/mol. The molecule has 0 spiro atoms. The number of hydrogen-bond donors (Lipinski definition) is 1. The van der Waals surface area contributed by atoms with E-state index < -0.39 is 5.82 Å². The summed E-state index contributed by atoms with van der Waals surface area (Å²) in [7, 11) is 0. The number of nitrogen functional groups attached to an aromatic ring is 1. The van der Waals surface area contributed by atoms with Crippen LogP contribution in [0, 0.1) is 11.7 Å². The van der Waals surface area contributed by atoms with Crippen LogP contribution in [0.15, 0.2) is 18.2 Å². The third-order valence-corrected chi connectivity index (χ3v) is 4.06. The van der Waals surface area contributed by atoms with Crippen LogP contribution >= 0.6 is 11.8 Å². The molecule has 0 aliphatic carbocycles. The van der Waals surface area contributed by atoms with Gasteiger partial charge >= 0.3 is 0 Å². The highest BCUT2D eigenvalue weighted by molar-refractivity contribution is 8.13. The molecule has 1 unspecified atom stereocenters. The molecule has 1 amide bonds. The maximum absolute atomic E-state index is 13.8. The predicted octanol–water partition coefficient (Wildman–Crippen LogP) is 2.04. The predicted molar refractivity (Wildman–Crippen MR) is 74.4 cm³/mol. The number of nitrogens with two attached hydrogens (primary N) is 1. The Morgan fingerprint density at radius 2 is 2.32 bits per heavy atom. The van der Waals surface area contributed by atoms with E-state index in [4.69, 9.17) is 5.73 Å². The van der Waals surface area contributed by atoms with E-state index in [1.165, 1.54) is 35.7 Å². The molecule has 1 heterocycles. The Labute approximate surface area is 115 Å². The van der Waals surface area contributed by atoms with Gasteiger partial charge in [0.25, 0.3) is 0 Å². The van der Waals surface area contributed by atoms with Crippen molar-refractivity contribution in [3.8, 4) is 0 Å². The van der Waals surface area contributed by atoms with Crippen LogP contribution in [-0.2, 0) is 9.59 Å². The van der Waals surface area contributed by atoms with E-state index >= 15 is 0 Å². The van der Waals surface area contributed by atoms with Gasteiger partial charge in [-0.15, -0.1) is 0 Å². The van der Waals surface area contributed by atoms with Crippen molar-refractivity contribution >= 4 is 34.2 Å². The highest BCUT2D eigenvalue weighted by Crippen LogP contribution is 2.33. The molecule has 1 fully saturated rings. The Kier molecular flexibility index (Phi) is 4.09. The SMILES string of the molecule is CC(=O)SCC1CC(=O)N(c2c(N)cccc2F)C1. The maximum atomic E-state index is 13.8. The number of anilines is 2. The van der Waals surface area contributed by atoms with Gasteiger partial charge in [0.15, 0.2) is 5.12 Å². The lowest BCUT2D eigenvalue weighted by molar-refractivity contribution is -0.117. The molecule has 102 valence electrons. The van der Waals surface area contributed by atoms with Gasteiger partial charge in [0, 0.05) is 25.6 Å². The summed E-state index contributed by atoms with van der Waals surface area (Å²) < 4.78 is 13.8. The monoisotopic (exact) mass is 282 g/mol. The smallest absolute Gasteiger partial charge is 0.227 e. The summed E-state index contributed by atoms with van der Waals surface area (Å²) in [5, 5.41) is 0.0244. The Morgan fingerprint density at radius 3 is 2.95 bits per heavy atom. The standard InChI is InChI=1S/C13H15FN2O2S/c1-8(17)19-7-9-5-12(18)16(6-9)13-10(14)3-2-4-11(13)15/h2-4,9H,5-7,15H2,1H3. The lowest BCUT2D eigenvalue weighted by atomic mass is 10.1. The first kappa shape index (κ1) is 13.9. The lowest BCUT2D eigenvalue weighted by Gasteiger charge is -2.19. The van der Waals surface area contributed by atoms with Crippen molar-refractivity contribution in [2.24, 2.45) is 5.92 Å². The van der Waals surface area contributed by atoms with Crippen molar-refractivity contribution in [3.05, 3.63) is 24.0 Å². The van der Waals surface area contributed by atoms with Crippen LogP contribution in [0.4, 0.5) is 15.8 Å². The second-order valence-corrected chi connectivity index (χ2v) is 5.75. The van der Waals surface area contributed by atoms with Crippen molar-refractivity contribution < 1.29 is 14.0 Å². The van der Waals surface area contributed by atoms with E-state index in [0.29, 0.717) is 18.7 Å². The molecule has 0 radical (unpaired) electrons. The van der Waals surface area contributed by atoms with Crippen LogP contribution in [0.25, 0.3) is 0 Å². The first-order valence-corrected chi connectivity index (χ1v) is 6.95. The number of amides is 1. The van der Waals surface area contributed by atoms with Crippen LogP contribution < -0.4 is 10.6 Å². The number of benzene rings is 1. The molecule has 0 aromatic heterocycles. The fraction of sp³-hybridized carbons (Fsp3) is 0.385. The van der Waals surface area contributed by atoms with Gasteiger partial charge in [-0.2, -0.15) is 0 Å². The van der Waals surface area contributed by atoms with E-state index in [1.807, 2.05) is 0 Å². The molecule has 2 N–H and O–H groups in total. The molecule has 1 atom stereocenters. The summed E-state index contributed by atoms with van der Waals surface area (Å²) in [5.41, 5.74) is 6.15. The molecule has 1 aromatic carbocycles. The first-order valence-electron chi connectivity index (χ1n) is 5.96. The average Bonchev–Trinajstić information content (AvgIpc) is 2.68. The quantitative estimate of drug-likeness (QED) is 0.862. The van der Waals surface area contributed by atoms with Gasteiger partial charge in [0.2, 0.25) is 5.91 Å². The van der Waals surface area contributed by atoms with Crippen molar-refractivity contribution in [2.45, 2.75) is 13.3 Å². The Balaban J connectivity index is 2.14. The van der Waals surface area contributed by atoms with Gasteiger partial charge in [-0.1, -0.05) is 17.8 Å². The minimum Gasteiger partial charge on any atom is -0.397 e. The van der Waals surface area contributed by atoms with Crippen molar-refractivity contribution in [2.75, 3.05) is 22.9 Å². The summed E-state index contributed by atoms with van der Waals surface area (Å²) in [6.07, 6.45) is 0.327. The summed E-state index contributed by atoms with van der Waals surface area (Å²) >= 11 is 1.19. The van der Waals surface area contributed by atoms with Crippen LogP contribution in [0.3, 0.4) is 0 Å². The van der Waals surface area contributed by atoms with Crippen LogP contribution in [0.1, 0.15) is 13.3 Å². The number of carbonyl (C=O) groups is 2. The molecule has 0 bridgehead atoms. The maximum Gasteiger partial charge on any atom is 0.227 e. The summed E-state index contributed by atoms with van der Waals surface area (Å²) in [6.45, 7) is 1.90. The molecule has 1 aliphatic rings. The highest BCUT2D eigenvalue weighted by atomic mass is 32.2. The van der Waals surface area contributed by atoms with E-state index in [0.717, 1.165) is 0 Å². The molecular formula is C13H15FN2O2S. The minimum atomic E-state index is -0.492. The number of para-hydroxylation sites is 1.